The summed E-state index contributed by atoms with van der Waals surface area (Å²) in [5.41, 5.74) is 0.457. The number of piperidine rings is 1. The number of hydrogen-bond donors (Lipinski definition) is 1. The second-order valence-corrected chi connectivity index (χ2v) is 6.55. The molecule has 1 saturated heterocycles. The maximum absolute atomic E-state index is 12.2. The summed E-state index contributed by atoms with van der Waals surface area (Å²) in [4.78, 5) is 2.40. The Morgan fingerprint density at radius 1 is 1.26 bits per heavy atom. The molecule has 0 saturated carbocycles. The average Bonchev–Trinajstić information content (AvgIpc) is 2.41. The summed E-state index contributed by atoms with van der Waals surface area (Å²) in [6, 6.07) is 7.94. The second kappa shape index (κ2) is 5.70. The predicted molar refractivity (Wildman–Crippen MR) is 72.0 cm³/mol. The topological polar surface area (TPSA) is 73.2 Å². The van der Waals surface area contributed by atoms with Crippen molar-refractivity contribution in [1.82, 2.24) is 9.62 Å². The van der Waals surface area contributed by atoms with Crippen LogP contribution in [0.3, 0.4) is 0 Å². The SMILES string of the molecule is CN1CCC(NS(=O)(=O)c2ccc(C#N)cc2)CC1. The first-order valence-corrected chi connectivity index (χ1v) is 7.70. The standard InChI is InChI=1S/C13H17N3O2S/c1-16-8-6-12(7-9-16)15-19(17,18)13-4-2-11(10-14)3-5-13/h2-5,12,15H,6-9H2,1H3. The van der Waals surface area contributed by atoms with Crippen molar-refractivity contribution in [2.45, 2.75) is 23.8 Å². The molecule has 6 heteroatoms. The predicted octanol–water partition coefficient (Wildman–Crippen LogP) is 0.931. The van der Waals surface area contributed by atoms with E-state index in [1.165, 1.54) is 24.3 Å². The molecule has 0 aromatic heterocycles. The normalized spacial score (nSPS) is 18.1. The molecule has 0 spiro atoms. The van der Waals surface area contributed by atoms with E-state index in [2.05, 4.69) is 9.62 Å². The van der Waals surface area contributed by atoms with Gasteiger partial charge in [-0.15, -0.1) is 0 Å². The quantitative estimate of drug-likeness (QED) is 0.893. The van der Waals surface area contributed by atoms with Crippen LogP contribution in [-0.2, 0) is 10.0 Å². The Morgan fingerprint density at radius 2 is 1.84 bits per heavy atom. The lowest BCUT2D eigenvalue weighted by atomic mass is 10.1. The van der Waals surface area contributed by atoms with E-state index in [9.17, 15) is 8.42 Å². The Morgan fingerprint density at radius 3 is 2.37 bits per heavy atom. The Labute approximate surface area is 113 Å². The minimum atomic E-state index is -3.48. The minimum Gasteiger partial charge on any atom is -0.306 e. The van der Waals surface area contributed by atoms with Gasteiger partial charge in [-0.1, -0.05) is 0 Å². The summed E-state index contributed by atoms with van der Waals surface area (Å²) in [5.74, 6) is 0. The molecule has 0 unspecified atom stereocenters. The smallest absolute Gasteiger partial charge is 0.240 e. The van der Waals surface area contributed by atoms with E-state index in [4.69, 9.17) is 5.26 Å². The molecule has 0 amide bonds. The molecular weight excluding hydrogens is 262 g/mol. The van der Waals surface area contributed by atoms with Crippen molar-refractivity contribution in [2.24, 2.45) is 0 Å². The van der Waals surface area contributed by atoms with Gasteiger partial charge in [0.25, 0.3) is 0 Å². The summed E-state index contributed by atoms with van der Waals surface area (Å²) in [6.07, 6.45) is 1.65. The van der Waals surface area contributed by atoms with Crippen molar-refractivity contribution in [3.63, 3.8) is 0 Å². The van der Waals surface area contributed by atoms with E-state index in [1.54, 1.807) is 0 Å². The number of benzene rings is 1. The van der Waals surface area contributed by atoms with Crippen molar-refractivity contribution in [3.8, 4) is 6.07 Å². The van der Waals surface area contributed by atoms with Gasteiger partial charge in [-0.3, -0.25) is 0 Å². The summed E-state index contributed by atoms with van der Waals surface area (Å²) >= 11 is 0. The molecule has 5 nitrogen and oxygen atoms in total. The van der Waals surface area contributed by atoms with Crippen LogP contribution in [0, 0.1) is 11.3 Å². The van der Waals surface area contributed by atoms with Crippen LogP contribution in [0.25, 0.3) is 0 Å². The van der Waals surface area contributed by atoms with E-state index in [0.29, 0.717) is 5.56 Å². The number of nitrogens with zero attached hydrogens (tertiary/aromatic N) is 2. The molecule has 19 heavy (non-hydrogen) atoms. The minimum absolute atomic E-state index is 0.00292. The van der Waals surface area contributed by atoms with Gasteiger partial charge in [0.1, 0.15) is 0 Å². The van der Waals surface area contributed by atoms with E-state index in [-0.39, 0.29) is 10.9 Å². The highest BCUT2D eigenvalue weighted by molar-refractivity contribution is 7.89. The molecule has 1 aliphatic heterocycles. The molecule has 1 aliphatic rings. The van der Waals surface area contributed by atoms with Gasteiger partial charge in [-0.05, 0) is 57.2 Å². The monoisotopic (exact) mass is 279 g/mol. The highest BCUT2D eigenvalue weighted by Gasteiger charge is 2.23. The fourth-order valence-electron chi connectivity index (χ4n) is 2.12. The molecule has 102 valence electrons. The summed E-state index contributed by atoms with van der Waals surface area (Å²) < 4.78 is 27.1. The summed E-state index contributed by atoms with van der Waals surface area (Å²) in [7, 11) is -1.45. The van der Waals surface area contributed by atoms with Crippen LogP contribution >= 0.6 is 0 Å². The Kier molecular flexibility index (Phi) is 4.20. The van der Waals surface area contributed by atoms with Crippen LogP contribution in [0.15, 0.2) is 29.2 Å². The van der Waals surface area contributed by atoms with Crippen LogP contribution in [0.1, 0.15) is 18.4 Å². The zero-order chi connectivity index (χ0) is 13.9. The molecule has 1 aromatic rings. The van der Waals surface area contributed by atoms with Crippen LogP contribution in [-0.4, -0.2) is 39.5 Å². The Hall–Kier alpha value is -1.42. The molecule has 2 rings (SSSR count). The third kappa shape index (κ3) is 3.53. The number of nitrogens with one attached hydrogen (secondary N) is 1. The van der Waals surface area contributed by atoms with E-state index in [0.717, 1.165) is 25.9 Å². The van der Waals surface area contributed by atoms with E-state index < -0.39 is 10.0 Å². The number of nitriles is 1. The molecular formula is C13H17N3O2S. The maximum Gasteiger partial charge on any atom is 0.240 e. The zero-order valence-electron chi connectivity index (χ0n) is 10.8. The fraction of sp³-hybridized carbons (Fsp3) is 0.462. The fourth-order valence-corrected chi connectivity index (χ4v) is 3.43. The van der Waals surface area contributed by atoms with Gasteiger partial charge in [-0.25, -0.2) is 13.1 Å². The molecule has 0 atom stereocenters. The highest BCUT2D eigenvalue weighted by Crippen LogP contribution is 2.14. The van der Waals surface area contributed by atoms with Crippen LogP contribution in [0.4, 0.5) is 0 Å². The number of hydrogen-bond acceptors (Lipinski definition) is 4. The van der Waals surface area contributed by atoms with Crippen molar-refractivity contribution in [3.05, 3.63) is 29.8 Å². The molecule has 0 radical (unpaired) electrons. The first-order chi connectivity index (χ1) is 9.01. The van der Waals surface area contributed by atoms with Crippen LogP contribution in [0.5, 0.6) is 0 Å². The Balaban J connectivity index is 2.07. The van der Waals surface area contributed by atoms with Crippen molar-refractivity contribution in [1.29, 1.82) is 5.26 Å². The molecule has 1 fully saturated rings. The average molecular weight is 279 g/mol. The number of sulfonamides is 1. The van der Waals surface area contributed by atoms with Gasteiger partial charge in [0.15, 0.2) is 0 Å². The zero-order valence-corrected chi connectivity index (χ0v) is 11.7. The molecule has 0 aliphatic carbocycles. The molecule has 1 aromatic carbocycles. The lowest BCUT2D eigenvalue weighted by Crippen LogP contribution is -2.43. The third-order valence-corrected chi connectivity index (χ3v) is 4.87. The van der Waals surface area contributed by atoms with Gasteiger partial charge in [0.05, 0.1) is 16.5 Å². The second-order valence-electron chi connectivity index (χ2n) is 4.84. The van der Waals surface area contributed by atoms with Crippen molar-refractivity contribution in [2.75, 3.05) is 20.1 Å². The maximum atomic E-state index is 12.2. The van der Waals surface area contributed by atoms with Crippen LogP contribution < -0.4 is 4.72 Å². The lowest BCUT2D eigenvalue weighted by Gasteiger charge is -2.29. The van der Waals surface area contributed by atoms with Crippen LogP contribution in [0.2, 0.25) is 0 Å². The van der Waals surface area contributed by atoms with Crippen molar-refractivity contribution < 1.29 is 8.42 Å². The van der Waals surface area contributed by atoms with Gasteiger partial charge in [-0.2, -0.15) is 5.26 Å². The molecule has 1 heterocycles. The lowest BCUT2D eigenvalue weighted by molar-refractivity contribution is 0.248. The van der Waals surface area contributed by atoms with Gasteiger partial charge in [0.2, 0.25) is 10.0 Å². The highest BCUT2D eigenvalue weighted by atomic mass is 32.2. The Bertz CT molecular complexity index is 567. The molecule has 0 bridgehead atoms. The first kappa shape index (κ1) is 14.0. The van der Waals surface area contributed by atoms with Crippen molar-refractivity contribution >= 4 is 10.0 Å². The number of likely N-dealkylation sites (tertiary alicyclic amines) is 1. The number of rotatable bonds is 3. The van der Waals surface area contributed by atoms with E-state index >= 15 is 0 Å². The van der Waals surface area contributed by atoms with Gasteiger partial charge < -0.3 is 4.90 Å². The first-order valence-electron chi connectivity index (χ1n) is 6.22. The van der Waals surface area contributed by atoms with E-state index in [1.807, 2.05) is 13.1 Å². The third-order valence-electron chi connectivity index (χ3n) is 3.33. The largest absolute Gasteiger partial charge is 0.306 e. The van der Waals surface area contributed by atoms with Gasteiger partial charge in [0, 0.05) is 6.04 Å². The summed E-state index contributed by atoms with van der Waals surface area (Å²) in [5, 5.41) is 8.70. The summed E-state index contributed by atoms with van der Waals surface area (Å²) in [6.45, 7) is 1.81. The van der Waals surface area contributed by atoms with Gasteiger partial charge >= 0.3 is 0 Å². The molecule has 1 N–H and O–H groups in total.